The number of carbonyl (C=O) groups is 2. The van der Waals surface area contributed by atoms with Crippen molar-refractivity contribution in [1.82, 2.24) is 10.2 Å². The zero-order valence-corrected chi connectivity index (χ0v) is 20.0. The van der Waals surface area contributed by atoms with Crippen LogP contribution in [0.5, 0.6) is 0 Å². The van der Waals surface area contributed by atoms with Crippen molar-refractivity contribution in [2.45, 2.75) is 26.8 Å². The van der Waals surface area contributed by atoms with Crippen molar-refractivity contribution in [3.05, 3.63) is 76.0 Å². The van der Waals surface area contributed by atoms with Crippen molar-refractivity contribution >= 4 is 46.5 Å². The first-order valence-electron chi connectivity index (χ1n) is 10.3. The van der Waals surface area contributed by atoms with E-state index < -0.39 is 12.0 Å². The fraction of sp³-hybridized carbons (Fsp3) is 0.292. The molecule has 168 valence electrons. The van der Waals surface area contributed by atoms with E-state index >= 15 is 0 Å². The third kappa shape index (κ3) is 5.29. The summed E-state index contributed by atoms with van der Waals surface area (Å²) < 4.78 is 5.52. The van der Waals surface area contributed by atoms with Gasteiger partial charge in [-0.1, -0.05) is 49.7 Å². The molecule has 1 amide bonds. The number of amides is 1. The standard InChI is InChI=1S/C24H26ClN3O3S/c1-14(2)13-31-23(30)20-15(3)28(4)24(32)27-21(20)16-8-7-9-17(12-16)26-22(29)18-10-5-6-11-19(18)25/h5-12,14,21H,13H2,1-4H3,(H,26,29)(H,27,32). The molecule has 0 bridgehead atoms. The van der Waals surface area contributed by atoms with Gasteiger partial charge in [-0.15, -0.1) is 0 Å². The van der Waals surface area contributed by atoms with E-state index in [9.17, 15) is 9.59 Å². The van der Waals surface area contributed by atoms with E-state index in [4.69, 9.17) is 28.6 Å². The Kier molecular flexibility index (Phi) is 7.53. The summed E-state index contributed by atoms with van der Waals surface area (Å²) in [5, 5.41) is 6.96. The molecule has 0 radical (unpaired) electrons. The number of allylic oxidation sites excluding steroid dienone is 1. The molecule has 1 unspecified atom stereocenters. The maximum Gasteiger partial charge on any atom is 0.338 e. The van der Waals surface area contributed by atoms with Gasteiger partial charge in [0.15, 0.2) is 5.11 Å². The Morgan fingerprint density at radius 2 is 1.94 bits per heavy atom. The van der Waals surface area contributed by atoms with E-state index in [1.165, 1.54) is 0 Å². The molecule has 0 aromatic heterocycles. The highest BCUT2D eigenvalue weighted by molar-refractivity contribution is 7.80. The average molecular weight is 472 g/mol. The van der Waals surface area contributed by atoms with Gasteiger partial charge in [-0.2, -0.15) is 0 Å². The maximum atomic E-state index is 13.0. The molecule has 0 aliphatic carbocycles. The third-order valence-electron chi connectivity index (χ3n) is 5.12. The highest BCUT2D eigenvalue weighted by atomic mass is 35.5. The lowest BCUT2D eigenvalue weighted by molar-refractivity contribution is -0.140. The van der Waals surface area contributed by atoms with Crippen LogP contribution in [-0.2, 0) is 9.53 Å². The number of thiocarbonyl (C=S) groups is 1. The number of esters is 1. The normalized spacial score (nSPS) is 16.1. The number of hydrogen-bond donors (Lipinski definition) is 2. The Balaban J connectivity index is 1.91. The van der Waals surface area contributed by atoms with Crippen LogP contribution in [0.3, 0.4) is 0 Å². The summed E-state index contributed by atoms with van der Waals surface area (Å²) >= 11 is 11.6. The smallest absolute Gasteiger partial charge is 0.338 e. The minimum absolute atomic E-state index is 0.219. The number of hydrogen-bond acceptors (Lipinski definition) is 4. The Morgan fingerprint density at radius 1 is 1.22 bits per heavy atom. The lowest BCUT2D eigenvalue weighted by Gasteiger charge is -2.35. The van der Waals surface area contributed by atoms with Crippen LogP contribution in [0, 0.1) is 5.92 Å². The Hall–Kier alpha value is -2.90. The lowest BCUT2D eigenvalue weighted by Crippen LogP contribution is -2.46. The van der Waals surface area contributed by atoms with Gasteiger partial charge in [-0.05, 0) is 54.9 Å². The fourth-order valence-corrected chi connectivity index (χ4v) is 3.79. The summed E-state index contributed by atoms with van der Waals surface area (Å²) in [4.78, 5) is 27.4. The largest absolute Gasteiger partial charge is 0.462 e. The van der Waals surface area contributed by atoms with Gasteiger partial charge in [0, 0.05) is 18.4 Å². The molecule has 2 aromatic rings. The number of benzene rings is 2. The van der Waals surface area contributed by atoms with Gasteiger partial charge in [0.2, 0.25) is 0 Å². The van der Waals surface area contributed by atoms with Crippen LogP contribution in [0.15, 0.2) is 59.8 Å². The van der Waals surface area contributed by atoms with Gasteiger partial charge in [-0.25, -0.2) is 4.79 Å². The number of rotatable bonds is 6. The third-order valence-corrected chi connectivity index (χ3v) is 5.84. The van der Waals surface area contributed by atoms with Gasteiger partial charge in [-0.3, -0.25) is 4.79 Å². The first-order chi connectivity index (χ1) is 15.2. The Labute approximate surface area is 198 Å². The Bertz CT molecular complexity index is 1080. The van der Waals surface area contributed by atoms with Gasteiger partial charge in [0.25, 0.3) is 5.91 Å². The van der Waals surface area contributed by atoms with Crippen molar-refractivity contribution < 1.29 is 14.3 Å². The summed E-state index contributed by atoms with van der Waals surface area (Å²) in [6.07, 6.45) is 0. The second-order valence-electron chi connectivity index (χ2n) is 7.99. The molecule has 0 saturated heterocycles. The summed E-state index contributed by atoms with van der Waals surface area (Å²) in [6, 6.07) is 13.6. The molecule has 3 rings (SSSR count). The molecule has 0 saturated carbocycles. The minimum atomic E-state index is -0.504. The number of nitrogens with zero attached hydrogens (tertiary/aromatic N) is 1. The van der Waals surface area contributed by atoms with Crippen molar-refractivity contribution in [2.24, 2.45) is 5.92 Å². The molecule has 1 aliphatic heterocycles. The highest BCUT2D eigenvalue weighted by Crippen LogP contribution is 2.32. The molecule has 0 fully saturated rings. The van der Waals surface area contributed by atoms with Gasteiger partial charge in [0.05, 0.1) is 28.8 Å². The maximum absolute atomic E-state index is 13.0. The van der Waals surface area contributed by atoms with E-state index in [0.717, 1.165) is 11.3 Å². The molecule has 8 heteroatoms. The van der Waals surface area contributed by atoms with Crippen LogP contribution in [0.1, 0.15) is 42.7 Å². The predicted octanol–water partition coefficient (Wildman–Crippen LogP) is 4.93. The van der Waals surface area contributed by atoms with Crippen LogP contribution < -0.4 is 10.6 Å². The van der Waals surface area contributed by atoms with Gasteiger partial charge in [0.1, 0.15) is 0 Å². The van der Waals surface area contributed by atoms with Crippen molar-refractivity contribution in [1.29, 1.82) is 0 Å². The first-order valence-corrected chi connectivity index (χ1v) is 11.1. The van der Waals surface area contributed by atoms with E-state index in [1.54, 1.807) is 42.3 Å². The second kappa shape index (κ2) is 10.1. The minimum Gasteiger partial charge on any atom is -0.462 e. The Morgan fingerprint density at radius 3 is 2.62 bits per heavy atom. The van der Waals surface area contributed by atoms with Gasteiger partial charge >= 0.3 is 5.97 Å². The molecule has 1 heterocycles. The van der Waals surface area contributed by atoms with Crippen LogP contribution >= 0.6 is 23.8 Å². The van der Waals surface area contributed by atoms with Crippen LogP contribution in [0.4, 0.5) is 5.69 Å². The number of anilines is 1. The predicted molar refractivity (Wildman–Crippen MR) is 131 cm³/mol. The summed E-state index contributed by atoms with van der Waals surface area (Å²) in [6.45, 7) is 6.13. The van der Waals surface area contributed by atoms with Crippen LogP contribution in [0.2, 0.25) is 5.02 Å². The van der Waals surface area contributed by atoms with Crippen LogP contribution in [-0.4, -0.2) is 35.5 Å². The molecular formula is C24H26ClN3O3S. The molecule has 0 spiro atoms. The topological polar surface area (TPSA) is 70.7 Å². The quantitative estimate of drug-likeness (QED) is 0.460. The molecule has 1 atom stereocenters. The first kappa shape index (κ1) is 23.8. The number of nitrogens with one attached hydrogen (secondary N) is 2. The molecule has 2 aromatic carbocycles. The summed E-state index contributed by atoms with van der Waals surface area (Å²) in [5.74, 6) is -0.492. The monoisotopic (exact) mass is 471 g/mol. The number of carbonyl (C=O) groups excluding carboxylic acids is 2. The average Bonchev–Trinajstić information content (AvgIpc) is 2.76. The van der Waals surface area contributed by atoms with Crippen molar-refractivity contribution in [2.75, 3.05) is 19.0 Å². The summed E-state index contributed by atoms with van der Waals surface area (Å²) in [7, 11) is 1.80. The molecule has 2 N–H and O–H groups in total. The molecule has 32 heavy (non-hydrogen) atoms. The molecule has 1 aliphatic rings. The molecule has 6 nitrogen and oxygen atoms in total. The number of ether oxygens (including phenoxy) is 1. The SMILES string of the molecule is CC1=C(C(=O)OCC(C)C)C(c2cccc(NC(=O)c3ccccc3Cl)c2)NC(=S)N1C. The number of halogens is 1. The van der Waals surface area contributed by atoms with E-state index in [0.29, 0.717) is 33.6 Å². The molecular weight excluding hydrogens is 446 g/mol. The zero-order valence-electron chi connectivity index (χ0n) is 18.4. The second-order valence-corrected chi connectivity index (χ2v) is 8.79. The van der Waals surface area contributed by atoms with Crippen molar-refractivity contribution in [3.63, 3.8) is 0 Å². The van der Waals surface area contributed by atoms with Crippen LogP contribution in [0.25, 0.3) is 0 Å². The van der Waals surface area contributed by atoms with Crippen molar-refractivity contribution in [3.8, 4) is 0 Å². The highest BCUT2D eigenvalue weighted by Gasteiger charge is 2.33. The van der Waals surface area contributed by atoms with Gasteiger partial charge < -0.3 is 20.3 Å². The summed E-state index contributed by atoms with van der Waals surface area (Å²) in [5.41, 5.74) is 2.93. The fourth-order valence-electron chi connectivity index (χ4n) is 3.31. The lowest BCUT2D eigenvalue weighted by atomic mass is 9.94. The van der Waals surface area contributed by atoms with E-state index in [2.05, 4.69) is 10.6 Å². The van der Waals surface area contributed by atoms with E-state index in [-0.39, 0.29) is 11.8 Å². The zero-order chi connectivity index (χ0) is 23.4. The van der Waals surface area contributed by atoms with E-state index in [1.807, 2.05) is 39.0 Å².